The zero-order valence-corrected chi connectivity index (χ0v) is 17.1. The van der Waals surface area contributed by atoms with E-state index >= 15 is 0 Å². The third kappa shape index (κ3) is 4.48. The predicted octanol–water partition coefficient (Wildman–Crippen LogP) is 4.27. The highest BCUT2D eigenvalue weighted by Gasteiger charge is 2.27. The van der Waals surface area contributed by atoms with Gasteiger partial charge in [-0.25, -0.2) is 9.37 Å². The van der Waals surface area contributed by atoms with Crippen LogP contribution in [0.25, 0.3) is 10.9 Å². The van der Waals surface area contributed by atoms with Crippen molar-refractivity contribution in [2.24, 2.45) is 0 Å². The van der Waals surface area contributed by atoms with E-state index in [0.29, 0.717) is 35.2 Å². The van der Waals surface area contributed by atoms with Crippen LogP contribution in [0.2, 0.25) is 0 Å². The zero-order valence-electron chi connectivity index (χ0n) is 17.1. The van der Waals surface area contributed by atoms with Crippen LogP contribution in [0.1, 0.15) is 45.2 Å². The molecule has 0 spiro atoms. The molecular weight excluding hydrogens is 369 g/mol. The number of piperidine rings is 1. The van der Waals surface area contributed by atoms with E-state index in [1.54, 1.807) is 6.07 Å². The van der Waals surface area contributed by atoms with E-state index in [1.807, 2.05) is 13.0 Å². The van der Waals surface area contributed by atoms with Crippen LogP contribution in [-0.2, 0) is 0 Å². The summed E-state index contributed by atoms with van der Waals surface area (Å²) in [6.45, 7) is 6.34. The number of benzene rings is 1. The van der Waals surface area contributed by atoms with Crippen molar-refractivity contribution in [3.8, 4) is 0 Å². The van der Waals surface area contributed by atoms with Crippen molar-refractivity contribution < 1.29 is 4.39 Å². The Hall–Kier alpha value is -2.74. The van der Waals surface area contributed by atoms with Gasteiger partial charge in [-0.1, -0.05) is 13.8 Å². The van der Waals surface area contributed by atoms with Gasteiger partial charge in [0.15, 0.2) is 5.82 Å². The Kier molecular flexibility index (Phi) is 5.62. The first-order valence-corrected chi connectivity index (χ1v) is 10.3. The third-order valence-corrected chi connectivity index (χ3v) is 5.54. The van der Waals surface area contributed by atoms with E-state index in [0.717, 1.165) is 36.8 Å². The Labute approximate surface area is 169 Å². The highest BCUT2D eigenvalue weighted by molar-refractivity contribution is 5.91. The van der Waals surface area contributed by atoms with Gasteiger partial charge in [0.2, 0.25) is 5.95 Å². The molecular formula is C21H28FN7. The Morgan fingerprint density at radius 2 is 1.86 bits per heavy atom. The van der Waals surface area contributed by atoms with Gasteiger partial charge in [-0.3, -0.25) is 5.10 Å². The van der Waals surface area contributed by atoms with Gasteiger partial charge >= 0.3 is 0 Å². The Bertz CT molecular complexity index is 974. The number of nitrogens with one attached hydrogen (secondary N) is 4. The van der Waals surface area contributed by atoms with Crippen molar-refractivity contribution >= 4 is 28.5 Å². The molecule has 4 N–H and O–H groups in total. The topological polar surface area (TPSA) is 90.5 Å². The van der Waals surface area contributed by atoms with Crippen LogP contribution < -0.4 is 16.0 Å². The number of hydrogen-bond donors (Lipinski definition) is 4. The van der Waals surface area contributed by atoms with Crippen molar-refractivity contribution in [3.05, 3.63) is 35.8 Å². The molecule has 154 valence electrons. The van der Waals surface area contributed by atoms with Crippen molar-refractivity contribution in [2.75, 3.05) is 10.6 Å². The van der Waals surface area contributed by atoms with Gasteiger partial charge in [-0.2, -0.15) is 10.1 Å². The summed E-state index contributed by atoms with van der Waals surface area (Å²) in [5.41, 5.74) is 1.51. The summed E-state index contributed by atoms with van der Waals surface area (Å²) >= 11 is 0. The largest absolute Gasteiger partial charge is 0.351 e. The maximum absolute atomic E-state index is 13.9. The quantitative estimate of drug-likeness (QED) is 0.497. The number of anilines is 3. The summed E-state index contributed by atoms with van der Waals surface area (Å²) in [6.07, 6.45) is 4.20. The minimum Gasteiger partial charge on any atom is -0.351 e. The molecule has 1 aliphatic rings. The number of aromatic nitrogens is 4. The minimum absolute atomic E-state index is 0.276. The van der Waals surface area contributed by atoms with Crippen LogP contribution in [-0.4, -0.2) is 38.3 Å². The third-order valence-electron chi connectivity index (χ3n) is 5.54. The van der Waals surface area contributed by atoms with E-state index < -0.39 is 0 Å². The van der Waals surface area contributed by atoms with Gasteiger partial charge < -0.3 is 16.0 Å². The first kappa shape index (κ1) is 19.6. The lowest BCUT2D eigenvalue weighted by Crippen LogP contribution is -2.49. The van der Waals surface area contributed by atoms with Crippen LogP contribution in [0.15, 0.2) is 24.3 Å². The Morgan fingerprint density at radius 3 is 2.52 bits per heavy atom. The summed E-state index contributed by atoms with van der Waals surface area (Å²) in [7, 11) is 0. The van der Waals surface area contributed by atoms with Gasteiger partial charge in [0.25, 0.3) is 0 Å². The summed E-state index contributed by atoms with van der Waals surface area (Å²) < 4.78 is 13.9. The van der Waals surface area contributed by atoms with Crippen molar-refractivity contribution in [1.29, 1.82) is 0 Å². The molecule has 0 amide bonds. The number of rotatable bonds is 6. The molecule has 4 rings (SSSR count). The lowest BCUT2D eigenvalue weighted by Gasteiger charge is -2.36. The number of hydrogen-bond acceptors (Lipinski definition) is 6. The van der Waals surface area contributed by atoms with E-state index in [4.69, 9.17) is 4.98 Å². The minimum atomic E-state index is -0.317. The lowest BCUT2D eigenvalue weighted by molar-refractivity contribution is 0.289. The number of aryl methyl sites for hydroxylation is 1. The number of H-pyrrole nitrogens is 1. The van der Waals surface area contributed by atoms with Crippen molar-refractivity contribution in [2.45, 2.75) is 64.6 Å². The molecule has 0 saturated carbocycles. The molecule has 2 atom stereocenters. The average molecular weight is 398 g/mol. The average Bonchev–Trinajstić information content (AvgIpc) is 3.11. The smallest absolute Gasteiger partial charge is 0.225 e. The molecule has 7 nitrogen and oxygen atoms in total. The summed E-state index contributed by atoms with van der Waals surface area (Å²) in [5.74, 6) is 1.46. The number of nitrogens with zero attached hydrogens (tertiary/aromatic N) is 3. The second-order valence-corrected chi connectivity index (χ2v) is 7.81. The second kappa shape index (κ2) is 8.32. The molecule has 2 aromatic heterocycles. The van der Waals surface area contributed by atoms with Crippen LogP contribution in [0.4, 0.5) is 22.0 Å². The fourth-order valence-corrected chi connectivity index (χ4v) is 3.99. The molecule has 1 saturated heterocycles. The van der Waals surface area contributed by atoms with E-state index in [-0.39, 0.29) is 11.9 Å². The van der Waals surface area contributed by atoms with Crippen LogP contribution >= 0.6 is 0 Å². The highest BCUT2D eigenvalue weighted by atomic mass is 19.1. The predicted molar refractivity (Wildman–Crippen MR) is 114 cm³/mol. The first-order chi connectivity index (χ1) is 14.0. The first-order valence-electron chi connectivity index (χ1n) is 10.3. The molecule has 8 heteroatoms. The molecule has 0 bridgehead atoms. The fraction of sp³-hybridized carbons (Fsp3) is 0.476. The molecule has 1 aliphatic heterocycles. The standard InChI is InChI=1S/C21H28FN7/c1-4-14-10-16(11-15(5-2)23-14)24-21-25-18-9-13(22)6-7-17(18)20(27-21)26-19-8-12(3)28-29-19/h6-9,14-16,23H,4-5,10-11H2,1-3H3,(H3,24,25,26,27,28,29). The van der Waals surface area contributed by atoms with Crippen molar-refractivity contribution in [3.63, 3.8) is 0 Å². The molecule has 29 heavy (non-hydrogen) atoms. The van der Waals surface area contributed by atoms with Gasteiger partial charge in [0, 0.05) is 41.3 Å². The molecule has 0 radical (unpaired) electrons. The lowest BCUT2D eigenvalue weighted by atomic mass is 9.91. The van der Waals surface area contributed by atoms with Crippen LogP contribution in [0.3, 0.4) is 0 Å². The molecule has 0 aliphatic carbocycles. The summed E-state index contributed by atoms with van der Waals surface area (Å²) in [4.78, 5) is 9.29. The summed E-state index contributed by atoms with van der Waals surface area (Å²) in [5, 5.41) is 18.3. The second-order valence-electron chi connectivity index (χ2n) is 7.81. The highest BCUT2D eigenvalue weighted by Crippen LogP contribution is 2.27. The number of aromatic amines is 1. The molecule has 3 heterocycles. The molecule has 1 aromatic carbocycles. The fourth-order valence-electron chi connectivity index (χ4n) is 3.99. The maximum Gasteiger partial charge on any atom is 0.225 e. The number of halogens is 1. The zero-order chi connectivity index (χ0) is 20.4. The normalized spacial score (nSPS) is 22.0. The van der Waals surface area contributed by atoms with Gasteiger partial charge in [0.05, 0.1) is 5.52 Å². The van der Waals surface area contributed by atoms with Crippen LogP contribution in [0.5, 0.6) is 0 Å². The Morgan fingerprint density at radius 1 is 1.10 bits per heavy atom. The monoisotopic (exact) mass is 397 g/mol. The van der Waals surface area contributed by atoms with E-state index in [1.165, 1.54) is 12.1 Å². The maximum atomic E-state index is 13.9. The van der Waals surface area contributed by atoms with E-state index in [9.17, 15) is 4.39 Å². The van der Waals surface area contributed by atoms with Gasteiger partial charge in [-0.15, -0.1) is 0 Å². The molecule has 1 fully saturated rings. The summed E-state index contributed by atoms with van der Waals surface area (Å²) in [6, 6.07) is 7.69. The van der Waals surface area contributed by atoms with Crippen LogP contribution in [0, 0.1) is 12.7 Å². The van der Waals surface area contributed by atoms with Gasteiger partial charge in [0.1, 0.15) is 11.6 Å². The van der Waals surface area contributed by atoms with Crippen molar-refractivity contribution in [1.82, 2.24) is 25.5 Å². The SMILES string of the molecule is CCC1CC(Nc2nc(Nc3cc(C)[nH]n3)c3ccc(F)cc3n2)CC(CC)N1. The van der Waals surface area contributed by atoms with Gasteiger partial charge in [-0.05, 0) is 44.7 Å². The Balaban J connectivity index is 1.65. The molecule has 2 unspecified atom stereocenters. The van der Waals surface area contributed by atoms with E-state index in [2.05, 4.69) is 45.0 Å². The number of fused-ring (bicyclic) bond motifs is 1. The molecule has 3 aromatic rings.